The third-order valence-corrected chi connectivity index (χ3v) is 13.1. The van der Waals surface area contributed by atoms with E-state index in [2.05, 4.69) is 121 Å². The predicted molar refractivity (Wildman–Crippen MR) is 170 cm³/mol. The molecule has 0 radical (unpaired) electrons. The van der Waals surface area contributed by atoms with Gasteiger partial charge in [0.05, 0.1) is 6.61 Å². The molecule has 0 aromatic heterocycles. The van der Waals surface area contributed by atoms with E-state index in [-0.39, 0.29) is 34.9 Å². The van der Waals surface area contributed by atoms with Crippen LogP contribution in [0.25, 0.3) is 0 Å². The molecule has 3 nitrogen and oxygen atoms in total. The number of hydrogen-bond acceptors (Lipinski definition) is 4. The molecule has 216 valence electrons. The van der Waals surface area contributed by atoms with Gasteiger partial charge in [-0.1, -0.05) is 101 Å². The molecule has 0 bridgehead atoms. The topological polar surface area (TPSA) is 49.7 Å². The molecule has 0 aliphatic heterocycles. The molecule has 0 saturated carbocycles. The summed E-state index contributed by atoms with van der Waals surface area (Å²) in [5, 5.41) is 20.9. The Hall–Kier alpha value is -1.30. The van der Waals surface area contributed by atoms with Crippen LogP contribution in [-0.2, 0) is 21.7 Å². The number of benzene rings is 2. The average Bonchev–Trinajstić information content (AvgIpc) is 2.74. The van der Waals surface area contributed by atoms with Crippen LogP contribution in [0.1, 0.15) is 112 Å². The number of phenols is 1. The average molecular weight is 563 g/mol. The van der Waals surface area contributed by atoms with Crippen molar-refractivity contribution < 1.29 is 14.9 Å². The summed E-state index contributed by atoms with van der Waals surface area (Å²) in [7, 11) is 0.658. The first-order chi connectivity index (χ1) is 17.1. The Morgan fingerprint density at radius 2 is 1.11 bits per heavy atom. The van der Waals surface area contributed by atoms with Gasteiger partial charge < -0.3 is 14.9 Å². The highest BCUT2D eigenvalue weighted by molar-refractivity contribution is 8.94. The van der Waals surface area contributed by atoms with E-state index in [0.717, 1.165) is 22.6 Å². The maximum absolute atomic E-state index is 11.3. The molecule has 1 atom stereocenters. The van der Waals surface area contributed by atoms with Crippen LogP contribution in [0.3, 0.4) is 0 Å². The summed E-state index contributed by atoms with van der Waals surface area (Å²) in [6.45, 7) is 29.0. The van der Waals surface area contributed by atoms with Crippen LogP contribution in [0.15, 0.2) is 34.1 Å². The predicted octanol–water partition coefficient (Wildman–Crippen LogP) is 9.47. The fraction of sp³-hybridized carbons (Fsp3) is 0.636. The molecule has 0 aliphatic rings. The van der Waals surface area contributed by atoms with E-state index in [0.29, 0.717) is 5.75 Å². The van der Waals surface area contributed by atoms with Gasteiger partial charge in [0, 0.05) is 27.1 Å². The van der Waals surface area contributed by atoms with Gasteiger partial charge in [-0.05, 0) is 62.8 Å². The van der Waals surface area contributed by atoms with Crippen molar-refractivity contribution in [1.29, 1.82) is 0 Å². The quantitative estimate of drug-likeness (QED) is 0.330. The lowest BCUT2D eigenvalue weighted by Gasteiger charge is -2.38. The van der Waals surface area contributed by atoms with E-state index in [1.807, 2.05) is 10.8 Å². The molecular formula is C33H54O3S2. The van der Waals surface area contributed by atoms with Crippen LogP contribution in [0.2, 0.25) is 0 Å². The molecule has 2 N–H and O–H groups in total. The maximum Gasteiger partial charge on any atom is 0.126 e. The summed E-state index contributed by atoms with van der Waals surface area (Å²) < 4.78 is 6.21. The van der Waals surface area contributed by atoms with Crippen LogP contribution in [0, 0.1) is 0 Å². The SMILES string of the molecule is CCS(C)(Sc1cc(C(C)(C)C)c(OCCO)c(C(C)(C)C)c1)c1cc(C(C)(C)C)c(O)c(C(C)(C)C)c1. The van der Waals surface area contributed by atoms with Crippen molar-refractivity contribution in [2.45, 2.75) is 121 Å². The minimum Gasteiger partial charge on any atom is -0.507 e. The minimum absolute atomic E-state index is 0.00516. The third kappa shape index (κ3) is 7.46. The molecule has 0 spiro atoms. The molecule has 5 heteroatoms. The maximum atomic E-state index is 11.3. The van der Waals surface area contributed by atoms with Crippen molar-refractivity contribution in [2.24, 2.45) is 0 Å². The van der Waals surface area contributed by atoms with Crippen molar-refractivity contribution >= 4 is 19.9 Å². The van der Waals surface area contributed by atoms with Gasteiger partial charge in [0.2, 0.25) is 0 Å². The van der Waals surface area contributed by atoms with E-state index in [4.69, 9.17) is 4.74 Å². The van der Waals surface area contributed by atoms with Crippen LogP contribution in [0.4, 0.5) is 0 Å². The number of phenolic OH excluding ortho intramolecular Hbond substituents is 1. The summed E-state index contributed by atoms with van der Waals surface area (Å²) in [5.74, 6) is 2.37. The molecular weight excluding hydrogens is 508 g/mol. The molecule has 38 heavy (non-hydrogen) atoms. The molecule has 1 unspecified atom stereocenters. The fourth-order valence-electron chi connectivity index (χ4n) is 4.55. The first-order valence-electron chi connectivity index (χ1n) is 13.8. The standard InChI is InChI=1S/C33H54O3S2/c1-15-38(14,23-20-24(30(2,3)4)28(35)25(21-23)31(5,6)7)37-22-18-26(32(8,9)10)29(36-17-16-34)27(19-22)33(11,12)13/h18-21,34-35H,15-17H2,1-14H3. The highest BCUT2D eigenvalue weighted by Crippen LogP contribution is 2.67. The van der Waals surface area contributed by atoms with Gasteiger partial charge >= 0.3 is 0 Å². The molecule has 0 amide bonds. The van der Waals surface area contributed by atoms with Crippen LogP contribution < -0.4 is 4.74 Å². The Kier molecular flexibility index (Phi) is 9.78. The van der Waals surface area contributed by atoms with Gasteiger partial charge in [-0.25, -0.2) is 0 Å². The number of rotatable bonds is 7. The highest BCUT2D eigenvalue weighted by atomic mass is 33.2. The minimum atomic E-state index is -1.32. The van der Waals surface area contributed by atoms with Crippen LogP contribution in [-0.4, -0.2) is 35.4 Å². The van der Waals surface area contributed by atoms with Gasteiger partial charge in [0.15, 0.2) is 0 Å². The van der Waals surface area contributed by atoms with Crippen LogP contribution in [0.5, 0.6) is 11.5 Å². The monoisotopic (exact) mass is 562 g/mol. The summed E-state index contributed by atoms with van der Waals surface area (Å²) in [6, 6.07) is 9.15. The lowest BCUT2D eigenvalue weighted by atomic mass is 9.79. The first kappa shape index (κ1) is 32.9. The Morgan fingerprint density at radius 3 is 1.42 bits per heavy atom. The largest absolute Gasteiger partial charge is 0.507 e. The zero-order valence-corrected chi connectivity index (χ0v) is 28.2. The molecule has 0 fully saturated rings. The van der Waals surface area contributed by atoms with Gasteiger partial charge in [-0.15, -0.1) is 0 Å². The zero-order valence-electron chi connectivity index (χ0n) is 26.5. The smallest absolute Gasteiger partial charge is 0.126 e. The lowest BCUT2D eigenvalue weighted by molar-refractivity contribution is 0.196. The van der Waals surface area contributed by atoms with Crippen LogP contribution >= 0.6 is 19.9 Å². The van der Waals surface area contributed by atoms with E-state index in [1.165, 1.54) is 20.9 Å². The van der Waals surface area contributed by atoms with Gasteiger partial charge in [-0.3, -0.25) is 0 Å². The summed E-state index contributed by atoms with van der Waals surface area (Å²) in [6.07, 6.45) is 2.41. The Labute approximate surface area is 238 Å². The Balaban J connectivity index is 2.83. The van der Waals surface area contributed by atoms with E-state index in [1.54, 1.807) is 0 Å². The van der Waals surface area contributed by atoms with Gasteiger partial charge in [0.25, 0.3) is 0 Å². The second kappa shape index (κ2) is 11.3. The number of hydrogen-bond donors (Lipinski definition) is 2. The summed E-state index contributed by atoms with van der Waals surface area (Å²) in [5.41, 5.74) is 3.84. The fourth-order valence-corrected chi connectivity index (χ4v) is 9.09. The van der Waals surface area contributed by atoms with Crippen molar-refractivity contribution in [3.63, 3.8) is 0 Å². The number of aliphatic hydroxyl groups excluding tert-OH is 1. The van der Waals surface area contributed by atoms with Crippen molar-refractivity contribution in [2.75, 3.05) is 25.2 Å². The molecule has 0 heterocycles. The molecule has 0 saturated heterocycles. The lowest BCUT2D eigenvalue weighted by Crippen LogP contribution is -2.21. The first-order valence-corrected chi connectivity index (χ1v) is 17.4. The number of aliphatic hydroxyl groups is 1. The number of ether oxygens (including phenoxy) is 1. The Bertz CT molecular complexity index is 1050. The molecule has 2 rings (SSSR count). The van der Waals surface area contributed by atoms with Crippen molar-refractivity contribution in [3.05, 3.63) is 46.5 Å². The van der Waals surface area contributed by atoms with E-state index < -0.39 is 9.06 Å². The van der Waals surface area contributed by atoms with E-state index >= 15 is 0 Å². The van der Waals surface area contributed by atoms with Crippen molar-refractivity contribution in [1.82, 2.24) is 0 Å². The second-order valence-electron chi connectivity index (χ2n) is 14.7. The molecule has 0 aliphatic carbocycles. The highest BCUT2D eigenvalue weighted by Gasteiger charge is 2.33. The normalized spacial score (nSPS) is 15.8. The van der Waals surface area contributed by atoms with Crippen molar-refractivity contribution in [3.8, 4) is 11.5 Å². The third-order valence-electron chi connectivity index (χ3n) is 7.05. The summed E-state index contributed by atoms with van der Waals surface area (Å²) >= 11 is 0. The van der Waals surface area contributed by atoms with Gasteiger partial charge in [0.1, 0.15) is 18.1 Å². The Morgan fingerprint density at radius 1 is 0.711 bits per heavy atom. The number of aromatic hydroxyl groups is 1. The van der Waals surface area contributed by atoms with E-state index in [9.17, 15) is 10.2 Å². The zero-order chi connectivity index (χ0) is 29.5. The second-order valence-corrected chi connectivity index (χ2v) is 21.1. The summed E-state index contributed by atoms with van der Waals surface area (Å²) in [4.78, 5) is 2.58. The molecule has 2 aromatic rings. The molecule has 2 aromatic carbocycles. The van der Waals surface area contributed by atoms with Gasteiger partial charge in [-0.2, -0.15) is 9.06 Å².